The van der Waals surface area contributed by atoms with E-state index in [1.165, 1.54) is 25.9 Å². The van der Waals surface area contributed by atoms with Gasteiger partial charge >= 0.3 is 0 Å². The number of nitrogens with zero attached hydrogens (tertiary/aromatic N) is 4. The van der Waals surface area contributed by atoms with E-state index in [-0.39, 0.29) is 5.91 Å². The fraction of sp³-hybridized carbons (Fsp3) is 0.778. The van der Waals surface area contributed by atoms with Crippen molar-refractivity contribution < 1.29 is 4.79 Å². The number of amides is 1. The van der Waals surface area contributed by atoms with Gasteiger partial charge in [-0.3, -0.25) is 19.3 Å². The molecule has 0 aromatic carbocycles. The van der Waals surface area contributed by atoms with E-state index in [4.69, 9.17) is 0 Å². The molecule has 134 valence electrons. The number of aryl methyl sites for hydroxylation is 1. The standard InChI is InChI=1S/C18H31N5O/c1-14(2)17-12-22(7-4-8-23(17)10-15-5-6-15)13-18(24)20-16-9-19-21(3)11-16/h9,11,14-15,17H,4-8,10,12-13H2,1-3H3,(H,20,24)/t17-/m0/s1. The lowest BCUT2D eigenvalue weighted by molar-refractivity contribution is -0.117. The van der Waals surface area contributed by atoms with Crippen LogP contribution in [-0.2, 0) is 11.8 Å². The summed E-state index contributed by atoms with van der Waals surface area (Å²) in [6.45, 7) is 9.50. The summed E-state index contributed by atoms with van der Waals surface area (Å²) in [4.78, 5) is 17.3. The number of carbonyl (C=O) groups is 1. The quantitative estimate of drug-likeness (QED) is 0.862. The minimum absolute atomic E-state index is 0.0566. The summed E-state index contributed by atoms with van der Waals surface area (Å²) in [7, 11) is 1.85. The second-order valence-electron chi connectivity index (χ2n) is 7.79. The van der Waals surface area contributed by atoms with Gasteiger partial charge in [-0.25, -0.2) is 0 Å². The zero-order valence-corrected chi connectivity index (χ0v) is 15.2. The number of nitrogens with one attached hydrogen (secondary N) is 1. The van der Waals surface area contributed by atoms with E-state index in [1.807, 2.05) is 13.2 Å². The monoisotopic (exact) mass is 333 g/mol. The minimum atomic E-state index is 0.0566. The van der Waals surface area contributed by atoms with Gasteiger partial charge in [-0.1, -0.05) is 13.8 Å². The van der Waals surface area contributed by atoms with Crippen LogP contribution in [0.2, 0.25) is 0 Å². The summed E-state index contributed by atoms with van der Waals surface area (Å²) >= 11 is 0. The summed E-state index contributed by atoms with van der Waals surface area (Å²) in [6, 6.07) is 0.555. The third kappa shape index (κ3) is 4.80. The van der Waals surface area contributed by atoms with E-state index in [0.717, 1.165) is 31.1 Å². The molecule has 0 spiro atoms. The highest BCUT2D eigenvalue weighted by atomic mass is 16.2. The Morgan fingerprint density at radius 3 is 2.79 bits per heavy atom. The highest BCUT2D eigenvalue weighted by molar-refractivity contribution is 5.91. The molecule has 1 aliphatic carbocycles. The average molecular weight is 333 g/mol. The highest BCUT2D eigenvalue weighted by Crippen LogP contribution is 2.31. The van der Waals surface area contributed by atoms with Crippen LogP contribution in [0.15, 0.2) is 12.4 Å². The molecule has 1 amide bonds. The van der Waals surface area contributed by atoms with Crippen molar-refractivity contribution in [2.24, 2.45) is 18.9 Å². The molecule has 1 saturated heterocycles. The molecule has 1 N–H and O–H groups in total. The predicted octanol–water partition coefficient (Wildman–Crippen LogP) is 1.80. The van der Waals surface area contributed by atoms with Crippen LogP contribution in [0.3, 0.4) is 0 Å². The summed E-state index contributed by atoms with van der Waals surface area (Å²) in [5, 5.41) is 7.04. The first-order chi connectivity index (χ1) is 11.5. The van der Waals surface area contributed by atoms with Crippen molar-refractivity contribution in [2.75, 3.05) is 38.0 Å². The Balaban J connectivity index is 1.55. The van der Waals surface area contributed by atoms with Crippen molar-refractivity contribution in [1.29, 1.82) is 0 Å². The molecule has 1 aromatic rings. The molecule has 0 radical (unpaired) electrons. The topological polar surface area (TPSA) is 53.4 Å². The maximum atomic E-state index is 12.3. The van der Waals surface area contributed by atoms with Crippen LogP contribution in [0.5, 0.6) is 0 Å². The van der Waals surface area contributed by atoms with Crippen molar-refractivity contribution in [3.05, 3.63) is 12.4 Å². The van der Waals surface area contributed by atoms with Crippen molar-refractivity contribution in [3.63, 3.8) is 0 Å². The molecule has 24 heavy (non-hydrogen) atoms. The van der Waals surface area contributed by atoms with E-state index in [1.54, 1.807) is 10.9 Å². The van der Waals surface area contributed by atoms with E-state index >= 15 is 0 Å². The van der Waals surface area contributed by atoms with Crippen LogP contribution in [0.1, 0.15) is 33.1 Å². The van der Waals surface area contributed by atoms with Crippen LogP contribution in [-0.4, -0.2) is 64.3 Å². The molecule has 0 bridgehead atoms. The molecular formula is C18H31N5O. The molecule has 3 rings (SSSR count). The molecule has 1 saturated carbocycles. The van der Waals surface area contributed by atoms with Crippen LogP contribution in [0, 0.1) is 11.8 Å². The van der Waals surface area contributed by atoms with Gasteiger partial charge in [0.2, 0.25) is 5.91 Å². The zero-order valence-electron chi connectivity index (χ0n) is 15.2. The van der Waals surface area contributed by atoms with E-state index in [2.05, 4.69) is 34.1 Å². The van der Waals surface area contributed by atoms with Crippen LogP contribution < -0.4 is 5.32 Å². The van der Waals surface area contributed by atoms with Crippen molar-refractivity contribution in [1.82, 2.24) is 19.6 Å². The number of anilines is 1. The maximum Gasteiger partial charge on any atom is 0.238 e. The van der Waals surface area contributed by atoms with Crippen molar-refractivity contribution in [2.45, 2.75) is 39.2 Å². The average Bonchev–Trinajstić information content (AvgIpc) is 3.27. The lowest BCUT2D eigenvalue weighted by Gasteiger charge is -2.34. The number of aromatic nitrogens is 2. The Hall–Kier alpha value is -1.40. The smallest absolute Gasteiger partial charge is 0.238 e. The van der Waals surface area contributed by atoms with Crippen molar-refractivity contribution in [3.8, 4) is 0 Å². The predicted molar refractivity (Wildman–Crippen MR) is 95.8 cm³/mol. The summed E-state index contributed by atoms with van der Waals surface area (Å²) in [5.41, 5.74) is 0.771. The Labute approximate surface area is 145 Å². The second-order valence-corrected chi connectivity index (χ2v) is 7.79. The van der Waals surface area contributed by atoms with Crippen molar-refractivity contribution >= 4 is 11.6 Å². The Kier molecular flexibility index (Phi) is 5.56. The lowest BCUT2D eigenvalue weighted by Crippen LogP contribution is -2.46. The van der Waals surface area contributed by atoms with Gasteiger partial charge in [0.15, 0.2) is 0 Å². The molecule has 6 heteroatoms. The van der Waals surface area contributed by atoms with Gasteiger partial charge in [-0.15, -0.1) is 0 Å². The number of rotatable bonds is 6. The third-order valence-corrected chi connectivity index (χ3v) is 5.15. The molecule has 2 heterocycles. The molecule has 0 unspecified atom stereocenters. The second kappa shape index (κ2) is 7.66. The summed E-state index contributed by atoms with van der Waals surface area (Å²) in [5.74, 6) is 1.60. The number of carbonyl (C=O) groups excluding carboxylic acids is 1. The molecular weight excluding hydrogens is 302 g/mol. The SMILES string of the molecule is CC(C)[C@@H]1CN(CC(=O)Nc2cnn(C)c2)CCCN1CC1CC1. The van der Waals surface area contributed by atoms with Crippen LogP contribution >= 0.6 is 0 Å². The molecule has 6 nitrogen and oxygen atoms in total. The Morgan fingerprint density at radius 1 is 1.38 bits per heavy atom. The first-order valence-electron chi connectivity index (χ1n) is 9.26. The largest absolute Gasteiger partial charge is 0.322 e. The fourth-order valence-corrected chi connectivity index (χ4v) is 3.66. The molecule has 1 aliphatic heterocycles. The van der Waals surface area contributed by atoms with Gasteiger partial charge in [0.25, 0.3) is 0 Å². The van der Waals surface area contributed by atoms with Gasteiger partial charge < -0.3 is 5.32 Å². The minimum Gasteiger partial charge on any atom is -0.322 e. The number of hydrogen-bond acceptors (Lipinski definition) is 4. The van der Waals surface area contributed by atoms with Gasteiger partial charge in [0, 0.05) is 32.4 Å². The number of hydrogen-bond donors (Lipinski definition) is 1. The van der Waals surface area contributed by atoms with E-state index in [0.29, 0.717) is 18.5 Å². The lowest BCUT2D eigenvalue weighted by atomic mass is 10.0. The zero-order chi connectivity index (χ0) is 17.1. The molecule has 2 fully saturated rings. The maximum absolute atomic E-state index is 12.3. The molecule has 1 aromatic heterocycles. The first kappa shape index (κ1) is 17.4. The Bertz CT molecular complexity index is 551. The van der Waals surface area contributed by atoms with Gasteiger partial charge in [-0.2, -0.15) is 5.10 Å². The van der Waals surface area contributed by atoms with Gasteiger partial charge in [0.1, 0.15) is 0 Å². The van der Waals surface area contributed by atoms with Gasteiger partial charge in [0.05, 0.1) is 18.4 Å². The summed E-state index contributed by atoms with van der Waals surface area (Å²) < 4.78 is 1.70. The van der Waals surface area contributed by atoms with E-state index in [9.17, 15) is 4.79 Å². The first-order valence-corrected chi connectivity index (χ1v) is 9.26. The Morgan fingerprint density at radius 2 is 2.17 bits per heavy atom. The van der Waals surface area contributed by atoms with Gasteiger partial charge in [-0.05, 0) is 44.2 Å². The summed E-state index contributed by atoms with van der Waals surface area (Å²) in [6.07, 6.45) is 7.47. The third-order valence-electron chi connectivity index (χ3n) is 5.15. The highest BCUT2D eigenvalue weighted by Gasteiger charge is 2.32. The fourth-order valence-electron chi connectivity index (χ4n) is 3.66. The van der Waals surface area contributed by atoms with Crippen LogP contribution in [0.4, 0.5) is 5.69 Å². The van der Waals surface area contributed by atoms with Crippen LogP contribution in [0.25, 0.3) is 0 Å². The molecule has 2 aliphatic rings. The normalized spacial score (nSPS) is 23.4. The molecule has 1 atom stereocenters. The van der Waals surface area contributed by atoms with E-state index < -0.39 is 0 Å².